The lowest BCUT2D eigenvalue weighted by atomic mass is 9.61. The van der Waals surface area contributed by atoms with E-state index in [1.165, 1.54) is 38.3 Å². The van der Waals surface area contributed by atoms with Crippen LogP contribution in [0.1, 0.15) is 29.5 Å². The Kier molecular flexibility index (Phi) is 9.30. The summed E-state index contributed by atoms with van der Waals surface area (Å²) in [7, 11) is 0. The van der Waals surface area contributed by atoms with Crippen LogP contribution in [0.5, 0.6) is 0 Å². The third kappa shape index (κ3) is 5.89. The molecule has 1 aromatic heterocycles. The number of hydrogen-bond donors (Lipinski definition) is 1. The number of allylic oxidation sites excluding steroid dienone is 11. The lowest BCUT2D eigenvalue weighted by Gasteiger charge is -2.48. The number of unbranched alkanes of at least 4 members (excludes halogenated alkanes) is 1. The molecule has 0 saturated heterocycles. The second-order valence-electron chi connectivity index (χ2n) is 15.7. The van der Waals surface area contributed by atoms with Crippen molar-refractivity contribution in [2.75, 3.05) is 0 Å². The van der Waals surface area contributed by atoms with Gasteiger partial charge in [-0.05, 0) is 81.7 Å². The Morgan fingerprint density at radius 2 is 1.59 bits per heavy atom. The first-order valence-corrected chi connectivity index (χ1v) is 21.2. The van der Waals surface area contributed by atoms with Crippen LogP contribution in [0.25, 0.3) is 33.2 Å². The molecule has 5 aromatic rings. The van der Waals surface area contributed by atoms with E-state index in [-0.39, 0.29) is 34.6 Å². The van der Waals surface area contributed by atoms with Crippen molar-refractivity contribution in [3.63, 3.8) is 0 Å². The molecule has 282 valence electrons. The maximum Gasteiger partial charge on any atom is 0.145 e. The Bertz CT molecular complexity index is 2680. The Balaban J connectivity index is 1.10. The number of hydrogen-bond acceptors (Lipinski definition) is 4. The van der Waals surface area contributed by atoms with Gasteiger partial charge >= 0.3 is 0 Å². The number of aromatic nitrogens is 1. The van der Waals surface area contributed by atoms with Gasteiger partial charge in [0.15, 0.2) is 0 Å². The molecule has 0 radical (unpaired) electrons. The first kappa shape index (κ1) is 36.1. The number of fused-ring (bicyclic) bond motifs is 10. The third-order valence-corrected chi connectivity index (χ3v) is 13.8. The van der Waals surface area contributed by atoms with E-state index in [0.29, 0.717) is 0 Å². The normalized spacial score (nSPS) is 23.2. The van der Waals surface area contributed by atoms with Crippen LogP contribution in [0, 0.1) is 17.8 Å². The molecule has 0 amide bonds. The molecule has 1 spiro atoms. The van der Waals surface area contributed by atoms with Crippen molar-refractivity contribution in [3.05, 3.63) is 229 Å². The summed E-state index contributed by atoms with van der Waals surface area (Å²) in [5, 5.41) is 5.09. The Morgan fingerprint density at radius 1 is 0.810 bits per heavy atom. The van der Waals surface area contributed by atoms with Gasteiger partial charge in [-0.25, -0.2) is 0 Å². The van der Waals surface area contributed by atoms with Crippen molar-refractivity contribution >= 4 is 28.4 Å². The fourth-order valence-corrected chi connectivity index (χ4v) is 11.3. The number of nitrogens with one attached hydrogen (secondary N) is 1. The molecule has 5 atom stereocenters. The van der Waals surface area contributed by atoms with Gasteiger partial charge in [-0.3, -0.25) is 9.98 Å². The highest BCUT2D eigenvalue weighted by Crippen LogP contribution is 2.64. The van der Waals surface area contributed by atoms with Crippen LogP contribution in [0.4, 0.5) is 0 Å². The zero-order valence-corrected chi connectivity index (χ0v) is 33.3. The topological polar surface area (TPSA) is 37.3 Å². The predicted molar refractivity (Wildman–Crippen MR) is 245 cm³/mol. The maximum atomic E-state index is 5.42. The second-order valence-corrected chi connectivity index (χ2v) is 16.9. The summed E-state index contributed by atoms with van der Waals surface area (Å²) in [4.78, 5) is 11.6. The number of rotatable bonds is 9. The fourth-order valence-electron chi connectivity index (χ4n) is 9.83. The number of para-hydroxylation sites is 1. The van der Waals surface area contributed by atoms with E-state index < -0.39 is 0 Å². The summed E-state index contributed by atoms with van der Waals surface area (Å²) in [5.74, 6) is 0.443. The molecule has 10 rings (SSSR count). The molecule has 0 fully saturated rings. The predicted octanol–water partition coefficient (Wildman–Crippen LogP) is 12.7. The van der Waals surface area contributed by atoms with Crippen LogP contribution in [0.2, 0.25) is 0 Å². The van der Waals surface area contributed by atoms with Crippen LogP contribution in [-0.4, -0.2) is 22.1 Å². The zero-order chi connectivity index (χ0) is 39.2. The van der Waals surface area contributed by atoms with Crippen molar-refractivity contribution in [2.45, 2.75) is 34.6 Å². The molecule has 58 heavy (non-hydrogen) atoms. The van der Waals surface area contributed by atoms with Gasteiger partial charge in [-0.15, -0.1) is 24.9 Å². The first-order chi connectivity index (χ1) is 28.6. The molecule has 4 heteroatoms. The summed E-state index contributed by atoms with van der Waals surface area (Å²) >= 11 is 1.98. The summed E-state index contributed by atoms with van der Waals surface area (Å²) in [5.41, 5.74) is 13.9. The molecular weight excluding hydrogens is 723 g/mol. The number of aliphatic imine (C=N–C) groups is 1. The van der Waals surface area contributed by atoms with Crippen LogP contribution in [0.3, 0.4) is 0 Å². The standard InChI is InChI=1S/C54H45N3S/c1-4-6-7-8-20-40-34-49(35(3)41-21-10-9-17-36(41)5-2)57-53(56-40)39-28-30-48-51(33-39)58-50-32-38(42-24-15-18-37-19-16-31-55-52(37)42)27-29-47(50)54(48)45-25-13-11-22-43(45)44-23-12-14-26-46(44)54/h4-5,8-34,36,41,48,51,53,56H,1-3,6-7H2/b20-8+. The lowest BCUT2D eigenvalue weighted by molar-refractivity contribution is 0.446. The van der Waals surface area contributed by atoms with Crippen LogP contribution in [-0.2, 0) is 5.41 Å². The summed E-state index contributed by atoms with van der Waals surface area (Å²) in [6.07, 6.45) is 30.0. The third-order valence-electron chi connectivity index (χ3n) is 12.5. The SMILES string of the molecule is C=CCC/C=C/C1=CC(C(=C)C2C=CC=CC2C=C)=NC(C2=CC3Sc4cc(-c5cccc6cccnc56)ccc4C4(c5ccccc5-c5ccccc54)C3C=C2)N1. The van der Waals surface area contributed by atoms with E-state index in [4.69, 9.17) is 9.98 Å². The van der Waals surface area contributed by atoms with Crippen LogP contribution >= 0.6 is 11.8 Å². The number of benzene rings is 4. The first-order valence-electron chi connectivity index (χ1n) is 20.3. The van der Waals surface area contributed by atoms with Gasteiger partial charge in [0, 0.05) is 50.7 Å². The molecule has 2 aliphatic heterocycles. The van der Waals surface area contributed by atoms with E-state index >= 15 is 0 Å². The Labute approximate surface area is 346 Å². The highest BCUT2D eigenvalue weighted by Gasteiger charge is 2.55. The van der Waals surface area contributed by atoms with E-state index in [1.54, 1.807) is 0 Å². The number of thioether (sulfide) groups is 1. The fraction of sp³-hybridized carbons (Fsp3) is 0.148. The zero-order valence-electron chi connectivity index (χ0n) is 32.5. The van der Waals surface area contributed by atoms with E-state index in [0.717, 1.165) is 51.9 Å². The summed E-state index contributed by atoms with van der Waals surface area (Å²) in [6.45, 7) is 12.7. The van der Waals surface area contributed by atoms with Crippen molar-refractivity contribution in [1.82, 2.24) is 10.3 Å². The largest absolute Gasteiger partial charge is 0.360 e. The molecule has 3 nitrogen and oxygen atoms in total. The molecular formula is C54H45N3S. The number of pyridine rings is 1. The van der Waals surface area contributed by atoms with Crippen LogP contribution in [0.15, 0.2) is 223 Å². The highest BCUT2D eigenvalue weighted by molar-refractivity contribution is 8.00. The van der Waals surface area contributed by atoms with E-state index in [9.17, 15) is 0 Å². The second kappa shape index (κ2) is 14.9. The molecule has 3 heterocycles. The smallest absolute Gasteiger partial charge is 0.145 e. The van der Waals surface area contributed by atoms with Gasteiger partial charge in [-0.1, -0.05) is 152 Å². The molecule has 1 N–H and O–H groups in total. The summed E-state index contributed by atoms with van der Waals surface area (Å²) < 4.78 is 0. The number of nitrogens with zero attached hydrogens (tertiary/aromatic N) is 2. The van der Waals surface area contributed by atoms with Crippen molar-refractivity contribution in [3.8, 4) is 22.3 Å². The lowest BCUT2D eigenvalue weighted by Crippen LogP contribution is -2.45. The van der Waals surface area contributed by atoms with Crippen LogP contribution < -0.4 is 5.32 Å². The minimum Gasteiger partial charge on any atom is -0.360 e. The molecule has 4 aromatic carbocycles. The van der Waals surface area contributed by atoms with E-state index in [2.05, 4.69) is 177 Å². The van der Waals surface area contributed by atoms with Gasteiger partial charge in [0.1, 0.15) is 6.17 Å². The maximum absolute atomic E-state index is 5.42. The highest BCUT2D eigenvalue weighted by atomic mass is 32.2. The average Bonchev–Trinajstić information content (AvgIpc) is 3.57. The molecule has 5 unspecified atom stereocenters. The van der Waals surface area contributed by atoms with Crippen molar-refractivity contribution < 1.29 is 0 Å². The van der Waals surface area contributed by atoms with Gasteiger partial charge in [0.05, 0.1) is 16.6 Å². The Morgan fingerprint density at radius 3 is 2.40 bits per heavy atom. The monoisotopic (exact) mass is 767 g/mol. The average molecular weight is 768 g/mol. The van der Waals surface area contributed by atoms with Crippen molar-refractivity contribution in [1.29, 1.82) is 0 Å². The molecule has 0 saturated carbocycles. The quantitative estimate of drug-likeness (QED) is 0.120. The van der Waals surface area contributed by atoms with Gasteiger partial charge in [0.2, 0.25) is 0 Å². The van der Waals surface area contributed by atoms with Gasteiger partial charge < -0.3 is 5.32 Å². The van der Waals surface area contributed by atoms with E-state index in [1.807, 2.05) is 36.2 Å². The minimum atomic E-state index is -0.366. The summed E-state index contributed by atoms with van der Waals surface area (Å²) in [6, 6.07) is 36.0. The molecule has 0 bridgehead atoms. The molecule has 3 aliphatic carbocycles. The molecule has 5 aliphatic rings. The van der Waals surface area contributed by atoms with Gasteiger partial charge in [0.25, 0.3) is 0 Å². The van der Waals surface area contributed by atoms with Crippen molar-refractivity contribution in [2.24, 2.45) is 22.7 Å². The van der Waals surface area contributed by atoms with Gasteiger partial charge in [-0.2, -0.15) is 0 Å². The Hall–Kier alpha value is -6.23. The minimum absolute atomic E-state index is 0.0985.